The van der Waals surface area contributed by atoms with Gasteiger partial charge in [0.25, 0.3) is 0 Å². The predicted molar refractivity (Wildman–Crippen MR) is 63.3 cm³/mol. The Hall–Kier alpha value is -0.940. The number of nitrogens with one attached hydrogen (secondary N) is 1. The average Bonchev–Trinajstić information content (AvgIpc) is 3.00. The maximum absolute atomic E-state index is 5.41. The van der Waals surface area contributed by atoms with Crippen molar-refractivity contribution < 1.29 is 9.26 Å². The van der Waals surface area contributed by atoms with Crippen LogP contribution in [0.5, 0.6) is 0 Å². The number of ether oxygens (including phenoxy) is 1. The molecule has 2 rings (SSSR count). The molecule has 0 bridgehead atoms. The van der Waals surface area contributed by atoms with Crippen molar-refractivity contribution in [2.24, 2.45) is 11.8 Å². The fourth-order valence-electron chi connectivity index (χ4n) is 1.83. The summed E-state index contributed by atoms with van der Waals surface area (Å²) >= 11 is 0. The fourth-order valence-corrected chi connectivity index (χ4v) is 1.83. The van der Waals surface area contributed by atoms with Gasteiger partial charge in [-0.3, -0.25) is 0 Å². The van der Waals surface area contributed by atoms with E-state index >= 15 is 0 Å². The van der Waals surface area contributed by atoms with Crippen LogP contribution in [0.15, 0.2) is 4.52 Å². The summed E-state index contributed by atoms with van der Waals surface area (Å²) in [6.45, 7) is 5.92. The molecule has 96 valence electrons. The average molecular weight is 239 g/mol. The molecular formula is C12H21N3O2. The number of hydrogen-bond donors (Lipinski definition) is 1. The smallest absolute Gasteiger partial charge is 0.240 e. The first kappa shape index (κ1) is 12.5. The van der Waals surface area contributed by atoms with E-state index in [2.05, 4.69) is 29.3 Å². The molecule has 0 aromatic carbocycles. The van der Waals surface area contributed by atoms with Crippen molar-refractivity contribution >= 4 is 0 Å². The highest BCUT2D eigenvalue weighted by Gasteiger charge is 2.35. The largest absolute Gasteiger partial charge is 0.373 e. The summed E-state index contributed by atoms with van der Waals surface area (Å²) in [6, 6.07) is 0. The summed E-state index contributed by atoms with van der Waals surface area (Å²) in [5.41, 5.74) is 0. The van der Waals surface area contributed by atoms with E-state index in [9.17, 15) is 0 Å². The number of aromatic nitrogens is 2. The van der Waals surface area contributed by atoms with Crippen LogP contribution in [0.25, 0.3) is 0 Å². The Labute approximate surface area is 102 Å². The molecule has 0 saturated heterocycles. The monoisotopic (exact) mass is 239 g/mol. The lowest BCUT2D eigenvalue weighted by Gasteiger charge is -2.08. The van der Waals surface area contributed by atoms with Gasteiger partial charge in [-0.25, -0.2) is 0 Å². The first-order valence-corrected chi connectivity index (χ1v) is 6.26. The van der Waals surface area contributed by atoms with Gasteiger partial charge in [0.1, 0.15) is 6.10 Å². The van der Waals surface area contributed by atoms with Crippen LogP contribution >= 0.6 is 0 Å². The van der Waals surface area contributed by atoms with Crippen molar-refractivity contribution in [1.82, 2.24) is 15.5 Å². The van der Waals surface area contributed by atoms with Crippen molar-refractivity contribution in [3.63, 3.8) is 0 Å². The van der Waals surface area contributed by atoms with E-state index in [4.69, 9.17) is 9.26 Å². The number of rotatable bonds is 7. The van der Waals surface area contributed by atoms with Crippen LogP contribution < -0.4 is 5.32 Å². The Kier molecular flexibility index (Phi) is 4.12. The van der Waals surface area contributed by atoms with E-state index in [1.165, 1.54) is 12.8 Å². The third kappa shape index (κ3) is 3.51. The molecule has 1 aliphatic carbocycles. The molecule has 0 spiro atoms. The molecule has 1 unspecified atom stereocenters. The Balaban J connectivity index is 1.86. The molecule has 17 heavy (non-hydrogen) atoms. The summed E-state index contributed by atoms with van der Waals surface area (Å²) in [4.78, 5) is 4.37. The van der Waals surface area contributed by atoms with Crippen molar-refractivity contribution in [2.75, 3.05) is 13.7 Å². The number of nitrogens with zero attached hydrogens (tertiary/aromatic N) is 2. The minimum atomic E-state index is 0.0117. The molecule has 1 aromatic heterocycles. The summed E-state index contributed by atoms with van der Waals surface area (Å²) in [5.74, 6) is 2.53. The zero-order valence-electron chi connectivity index (χ0n) is 10.8. The topological polar surface area (TPSA) is 60.2 Å². The first-order valence-electron chi connectivity index (χ1n) is 6.26. The van der Waals surface area contributed by atoms with Gasteiger partial charge in [0.05, 0.1) is 6.54 Å². The van der Waals surface area contributed by atoms with Crippen molar-refractivity contribution in [2.45, 2.75) is 39.3 Å². The third-order valence-electron chi connectivity index (χ3n) is 2.87. The van der Waals surface area contributed by atoms with E-state index in [-0.39, 0.29) is 6.10 Å². The molecule has 0 aliphatic heterocycles. The van der Waals surface area contributed by atoms with Gasteiger partial charge in [0.2, 0.25) is 11.7 Å². The summed E-state index contributed by atoms with van der Waals surface area (Å²) in [5, 5.41) is 7.27. The first-order chi connectivity index (χ1) is 8.20. The molecular weight excluding hydrogens is 218 g/mol. The van der Waals surface area contributed by atoms with Gasteiger partial charge in [-0.1, -0.05) is 19.0 Å². The van der Waals surface area contributed by atoms with Crippen molar-refractivity contribution in [3.05, 3.63) is 11.7 Å². The molecule has 5 nitrogen and oxygen atoms in total. The number of methoxy groups -OCH3 is 1. The third-order valence-corrected chi connectivity index (χ3v) is 2.87. The highest BCUT2D eigenvalue weighted by atomic mass is 16.5. The maximum atomic E-state index is 5.41. The van der Waals surface area contributed by atoms with Gasteiger partial charge in [0.15, 0.2) is 0 Å². The zero-order chi connectivity index (χ0) is 12.3. The SMILES string of the molecule is COC(c1noc(CNCC(C)C)n1)C1CC1. The lowest BCUT2D eigenvalue weighted by atomic mass is 10.2. The van der Waals surface area contributed by atoms with E-state index in [0.717, 1.165) is 6.54 Å². The Morgan fingerprint density at radius 1 is 1.47 bits per heavy atom. The van der Waals surface area contributed by atoms with Gasteiger partial charge in [-0.15, -0.1) is 0 Å². The summed E-state index contributed by atoms with van der Waals surface area (Å²) in [6.07, 6.45) is 2.42. The van der Waals surface area contributed by atoms with Gasteiger partial charge >= 0.3 is 0 Å². The second-order valence-electron chi connectivity index (χ2n) is 5.06. The minimum Gasteiger partial charge on any atom is -0.373 e. The Morgan fingerprint density at radius 2 is 2.24 bits per heavy atom. The van der Waals surface area contributed by atoms with Gasteiger partial charge < -0.3 is 14.6 Å². The standard InChI is InChI=1S/C12H21N3O2/c1-8(2)6-13-7-10-14-12(15-17-10)11(16-3)9-4-5-9/h8-9,11,13H,4-7H2,1-3H3. The van der Waals surface area contributed by atoms with Crippen molar-refractivity contribution in [1.29, 1.82) is 0 Å². The van der Waals surface area contributed by atoms with Crippen LogP contribution in [0.3, 0.4) is 0 Å². The van der Waals surface area contributed by atoms with E-state index in [0.29, 0.717) is 30.1 Å². The highest BCUT2D eigenvalue weighted by molar-refractivity contribution is 4.98. The van der Waals surface area contributed by atoms with Gasteiger partial charge in [-0.05, 0) is 31.2 Å². The molecule has 5 heteroatoms. The van der Waals surface area contributed by atoms with Gasteiger partial charge in [0, 0.05) is 7.11 Å². The van der Waals surface area contributed by atoms with Crippen LogP contribution in [0.1, 0.15) is 44.5 Å². The Bertz CT molecular complexity index is 347. The minimum absolute atomic E-state index is 0.0117. The van der Waals surface area contributed by atoms with Crippen LogP contribution in [0.2, 0.25) is 0 Å². The highest BCUT2D eigenvalue weighted by Crippen LogP contribution is 2.41. The molecule has 1 atom stereocenters. The Morgan fingerprint density at radius 3 is 2.82 bits per heavy atom. The lowest BCUT2D eigenvalue weighted by Crippen LogP contribution is -2.19. The summed E-state index contributed by atoms with van der Waals surface area (Å²) < 4.78 is 10.6. The zero-order valence-corrected chi connectivity index (χ0v) is 10.8. The molecule has 1 heterocycles. The molecule has 1 fully saturated rings. The van der Waals surface area contributed by atoms with Crippen LogP contribution in [-0.2, 0) is 11.3 Å². The molecule has 0 amide bonds. The molecule has 1 aromatic rings. The lowest BCUT2D eigenvalue weighted by molar-refractivity contribution is 0.0751. The van der Waals surface area contributed by atoms with Crippen LogP contribution in [0.4, 0.5) is 0 Å². The number of hydrogen-bond acceptors (Lipinski definition) is 5. The molecule has 1 saturated carbocycles. The molecule has 1 N–H and O–H groups in total. The van der Waals surface area contributed by atoms with Crippen molar-refractivity contribution in [3.8, 4) is 0 Å². The fraction of sp³-hybridized carbons (Fsp3) is 0.833. The molecule has 0 radical (unpaired) electrons. The van der Waals surface area contributed by atoms with Crippen LogP contribution in [0, 0.1) is 11.8 Å². The predicted octanol–water partition coefficient (Wildman–Crippen LogP) is 1.91. The quantitative estimate of drug-likeness (QED) is 0.787. The van der Waals surface area contributed by atoms with E-state index in [1.807, 2.05) is 0 Å². The van der Waals surface area contributed by atoms with E-state index in [1.54, 1.807) is 7.11 Å². The van der Waals surface area contributed by atoms with Gasteiger partial charge in [-0.2, -0.15) is 4.98 Å². The molecule has 1 aliphatic rings. The van der Waals surface area contributed by atoms with Crippen LogP contribution in [-0.4, -0.2) is 23.8 Å². The maximum Gasteiger partial charge on any atom is 0.240 e. The normalized spacial score (nSPS) is 17.6. The van der Waals surface area contributed by atoms with E-state index < -0.39 is 0 Å². The second kappa shape index (κ2) is 5.60. The summed E-state index contributed by atoms with van der Waals surface area (Å²) in [7, 11) is 1.70. The second-order valence-corrected chi connectivity index (χ2v) is 5.06.